The van der Waals surface area contributed by atoms with Crippen LogP contribution in [0.3, 0.4) is 0 Å². The van der Waals surface area contributed by atoms with Gasteiger partial charge in [0.05, 0.1) is 0 Å². The van der Waals surface area contributed by atoms with Crippen LogP contribution in [0.1, 0.15) is 25.7 Å². The molecule has 0 amide bonds. The molecule has 92 valence electrons. The predicted octanol–water partition coefficient (Wildman–Crippen LogP) is 0.670. The number of nitrogens with one attached hydrogen (secondary N) is 2. The van der Waals surface area contributed by atoms with Gasteiger partial charge in [-0.3, -0.25) is 4.90 Å². The molecule has 1 heterocycles. The minimum atomic E-state index is 0.878. The van der Waals surface area contributed by atoms with E-state index in [1.165, 1.54) is 65.0 Å². The number of nitrogens with zero attached hydrogens (tertiary/aromatic N) is 1. The zero-order valence-corrected chi connectivity index (χ0v) is 10.3. The molecule has 3 heteroatoms. The fourth-order valence-electron chi connectivity index (χ4n) is 2.95. The molecule has 0 spiro atoms. The van der Waals surface area contributed by atoms with Gasteiger partial charge in [-0.05, 0) is 37.5 Å². The van der Waals surface area contributed by atoms with Gasteiger partial charge in [-0.1, -0.05) is 0 Å². The average molecular weight is 223 g/mol. The van der Waals surface area contributed by atoms with E-state index < -0.39 is 0 Å². The minimum absolute atomic E-state index is 0.878. The zero-order chi connectivity index (χ0) is 10.8. The average Bonchev–Trinajstić information content (AvgIpc) is 3.17. The Morgan fingerprint density at radius 2 is 1.69 bits per heavy atom. The van der Waals surface area contributed by atoms with Gasteiger partial charge in [0.15, 0.2) is 0 Å². The van der Waals surface area contributed by atoms with Gasteiger partial charge in [0.2, 0.25) is 0 Å². The molecule has 2 N–H and O–H groups in total. The molecule has 0 bridgehead atoms. The molecule has 0 atom stereocenters. The summed E-state index contributed by atoms with van der Waals surface area (Å²) in [5, 5.41) is 7.24. The predicted molar refractivity (Wildman–Crippen MR) is 66.5 cm³/mol. The molecule has 0 unspecified atom stereocenters. The normalized spacial score (nSPS) is 27.6. The second-order valence-electron chi connectivity index (χ2n) is 5.75. The molecule has 1 saturated heterocycles. The van der Waals surface area contributed by atoms with E-state index in [1.807, 2.05) is 0 Å². The highest BCUT2D eigenvalue weighted by atomic mass is 15.2. The van der Waals surface area contributed by atoms with Crippen LogP contribution in [0.2, 0.25) is 0 Å². The first-order valence-corrected chi connectivity index (χ1v) is 7.10. The molecule has 2 saturated carbocycles. The summed E-state index contributed by atoms with van der Waals surface area (Å²) in [5.74, 6) is 2.08. The Kier molecular flexibility index (Phi) is 3.46. The highest BCUT2D eigenvalue weighted by Gasteiger charge is 2.40. The van der Waals surface area contributed by atoms with Crippen molar-refractivity contribution in [1.82, 2.24) is 15.5 Å². The molecule has 0 aromatic carbocycles. The Labute approximate surface area is 99.0 Å². The molecule has 2 aliphatic carbocycles. The maximum Gasteiger partial charge on any atom is 0.0124 e. The van der Waals surface area contributed by atoms with Crippen LogP contribution in [0.25, 0.3) is 0 Å². The lowest BCUT2D eigenvalue weighted by Gasteiger charge is -2.28. The third kappa shape index (κ3) is 2.96. The van der Waals surface area contributed by atoms with Gasteiger partial charge < -0.3 is 10.6 Å². The van der Waals surface area contributed by atoms with E-state index in [1.54, 1.807) is 0 Å². The summed E-state index contributed by atoms with van der Waals surface area (Å²) in [4.78, 5) is 2.58. The summed E-state index contributed by atoms with van der Waals surface area (Å²) in [6.07, 6.45) is 5.95. The summed E-state index contributed by atoms with van der Waals surface area (Å²) < 4.78 is 0. The van der Waals surface area contributed by atoms with Crippen molar-refractivity contribution in [3.05, 3.63) is 0 Å². The van der Waals surface area contributed by atoms with E-state index >= 15 is 0 Å². The number of hydrogen-bond donors (Lipinski definition) is 2. The summed E-state index contributed by atoms with van der Waals surface area (Å²) in [6, 6.07) is 0.878. The van der Waals surface area contributed by atoms with Crippen LogP contribution in [0.5, 0.6) is 0 Å². The van der Waals surface area contributed by atoms with Crippen molar-refractivity contribution in [1.29, 1.82) is 0 Å². The van der Waals surface area contributed by atoms with E-state index in [-0.39, 0.29) is 0 Å². The number of rotatable bonds is 6. The van der Waals surface area contributed by atoms with Crippen LogP contribution >= 0.6 is 0 Å². The molecule has 0 aromatic rings. The molecule has 0 aromatic heterocycles. The molecule has 3 nitrogen and oxygen atoms in total. The first kappa shape index (κ1) is 11.0. The quantitative estimate of drug-likeness (QED) is 0.693. The van der Waals surface area contributed by atoms with Crippen molar-refractivity contribution in [3.8, 4) is 0 Å². The SMILES string of the molecule is C1CN(CCNC(C2CC2)C2CC2)CCN1. The maximum absolute atomic E-state index is 3.83. The largest absolute Gasteiger partial charge is 0.314 e. The van der Waals surface area contributed by atoms with E-state index in [0.29, 0.717) is 0 Å². The van der Waals surface area contributed by atoms with Crippen molar-refractivity contribution in [3.63, 3.8) is 0 Å². The van der Waals surface area contributed by atoms with Gasteiger partial charge in [-0.25, -0.2) is 0 Å². The second kappa shape index (κ2) is 5.03. The Hall–Kier alpha value is -0.120. The first-order valence-electron chi connectivity index (χ1n) is 7.10. The minimum Gasteiger partial charge on any atom is -0.314 e. The van der Waals surface area contributed by atoms with Crippen molar-refractivity contribution < 1.29 is 0 Å². The second-order valence-corrected chi connectivity index (χ2v) is 5.75. The van der Waals surface area contributed by atoms with Crippen LogP contribution in [-0.4, -0.2) is 50.2 Å². The fourth-order valence-corrected chi connectivity index (χ4v) is 2.95. The lowest BCUT2D eigenvalue weighted by Crippen LogP contribution is -2.47. The summed E-state index contributed by atoms with van der Waals surface area (Å²) in [7, 11) is 0. The zero-order valence-electron chi connectivity index (χ0n) is 10.3. The van der Waals surface area contributed by atoms with Crippen LogP contribution in [0.4, 0.5) is 0 Å². The van der Waals surface area contributed by atoms with E-state index in [9.17, 15) is 0 Å². The third-order valence-corrected chi connectivity index (χ3v) is 4.28. The van der Waals surface area contributed by atoms with Crippen LogP contribution in [0, 0.1) is 11.8 Å². The highest BCUT2D eigenvalue weighted by Crippen LogP contribution is 2.44. The van der Waals surface area contributed by atoms with Crippen LogP contribution in [-0.2, 0) is 0 Å². The molecule has 3 fully saturated rings. The van der Waals surface area contributed by atoms with Crippen molar-refractivity contribution in [2.45, 2.75) is 31.7 Å². The molecular formula is C13H25N3. The van der Waals surface area contributed by atoms with Crippen molar-refractivity contribution >= 4 is 0 Å². The van der Waals surface area contributed by atoms with E-state index in [0.717, 1.165) is 17.9 Å². The van der Waals surface area contributed by atoms with Gasteiger partial charge in [0.25, 0.3) is 0 Å². The van der Waals surface area contributed by atoms with Gasteiger partial charge in [-0.15, -0.1) is 0 Å². The Bertz CT molecular complexity index is 205. The molecular weight excluding hydrogens is 198 g/mol. The molecule has 0 radical (unpaired) electrons. The summed E-state index contributed by atoms with van der Waals surface area (Å²) in [6.45, 7) is 7.27. The van der Waals surface area contributed by atoms with Crippen LogP contribution < -0.4 is 10.6 Å². The van der Waals surface area contributed by atoms with E-state index in [4.69, 9.17) is 0 Å². The lowest BCUT2D eigenvalue weighted by atomic mass is 10.1. The topological polar surface area (TPSA) is 27.3 Å². The fraction of sp³-hybridized carbons (Fsp3) is 1.00. The summed E-state index contributed by atoms with van der Waals surface area (Å²) >= 11 is 0. The van der Waals surface area contributed by atoms with Gasteiger partial charge in [-0.2, -0.15) is 0 Å². The van der Waals surface area contributed by atoms with E-state index in [2.05, 4.69) is 15.5 Å². The summed E-state index contributed by atoms with van der Waals surface area (Å²) in [5.41, 5.74) is 0. The third-order valence-electron chi connectivity index (χ3n) is 4.28. The Morgan fingerprint density at radius 3 is 2.25 bits per heavy atom. The number of hydrogen-bond acceptors (Lipinski definition) is 3. The van der Waals surface area contributed by atoms with Crippen LogP contribution in [0.15, 0.2) is 0 Å². The smallest absolute Gasteiger partial charge is 0.0124 e. The molecule has 16 heavy (non-hydrogen) atoms. The van der Waals surface area contributed by atoms with Crippen molar-refractivity contribution in [2.75, 3.05) is 39.3 Å². The molecule has 3 rings (SSSR count). The highest BCUT2D eigenvalue weighted by molar-refractivity contribution is 4.96. The Morgan fingerprint density at radius 1 is 1.06 bits per heavy atom. The van der Waals surface area contributed by atoms with Gasteiger partial charge in [0.1, 0.15) is 0 Å². The number of piperazine rings is 1. The van der Waals surface area contributed by atoms with Gasteiger partial charge >= 0.3 is 0 Å². The first-order chi connectivity index (χ1) is 7.93. The monoisotopic (exact) mass is 223 g/mol. The lowest BCUT2D eigenvalue weighted by molar-refractivity contribution is 0.234. The Balaban J connectivity index is 1.34. The molecule has 3 aliphatic rings. The maximum atomic E-state index is 3.83. The van der Waals surface area contributed by atoms with Gasteiger partial charge in [0, 0.05) is 45.3 Å². The van der Waals surface area contributed by atoms with Crippen molar-refractivity contribution in [2.24, 2.45) is 11.8 Å². The standard InChI is InChI=1S/C13H25N3/c1-2-11(1)13(12-3-4-12)15-7-10-16-8-5-14-6-9-16/h11-15H,1-10H2. The molecule has 1 aliphatic heterocycles.